The SMILES string of the molecule is CC(C)SCc1noc(C(C)C(O)C(F)(F)F)n1. The van der Waals surface area contributed by atoms with E-state index in [-0.39, 0.29) is 5.89 Å². The fourth-order valence-electron chi connectivity index (χ4n) is 1.17. The standard InChI is InChI=1S/C10H15F3N2O2S/c1-5(2)18-4-7-14-9(17-15-7)6(3)8(16)10(11,12)13/h5-6,8,16H,4H2,1-3H3. The van der Waals surface area contributed by atoms with Gasteiger partial charge in [-0.05, 0) is 5.25 Å². The van der Waals surface area contributed by atoms with Gasteiger partial charge in [-0.3, -0.25) is 0 Å². The monoisotopic (exact) mass is 284 g/mol. The Morgan fingerprint density at radius 2 is 1.94 bits per heavy atom. The van der Waals surface area contributed by atoms with Crippen molar-refractivity contribution in [2.75, 3.05) is 0 Å². The number of hydrogen-bond donors (Lipinski definition) is 1. The lowest BCUT2D eigenvalue weighted by Gasteiger charge is -2.17. The van der Waals surface area contributed by atoms with E-state index in [0.29, 0.717) is 16.8 Å². The summed E-state index contributed by atoms with van der Waals surface area (Å²) < 4.78 is 41.6. The molecule has 0 aliphatic rings. The number of aliphatic hydroxyl groups excluding tert-OH is 1. The van der Waals surface area contributed by atoms with Crippen molar-refractivity contribution in [2.45, 2.75) is 50.0 Å². The van der Waals surface area contributed by atoms with Gasteiger partial charge >= 0.3 is 6.18 Å². The van der Waals surface area contributed by atoms with Gasteiger partial charge in [0, 0.05) is 0 Å². The largest absolute Gasteiger partial charge is 0.415 e. The van der Waals surface area contributed by atoms with Gasteiger partial charge in [0.05, 0.1) is 11.7 Å². The van der Waals surface area contributed by atoms with E-state index in [4.69, 9.17) is 9.63 Å². The molecule has 0 aromatic carbocycles. The Kier molecular flexibility index (Phi) is 5.03. The van der Waals surface area contributed by atoms with Crippen LogP contribution in [0.4, 0.5) is 13.2 Å². The Labute approximate surface area is 107 Å². The summed E-state index contributed by atoms with van der Waals surface area (Å²) in [5, 5.41) is 13.0. The molecule has 1 aromatic rings. The van der Waals surface area contributed by atoms with Crippen LogP contribution in [0.15, 0.2) is 4.52 Å². The van der Waals surface area contributed by atoms with E-state index in [0.717, 1.165) is 0 Å². The lowest BCUT2D eigenvalue weighted by Crippen LogP contribution is -2.33. The lowest BCUT2D eigenvalue weighted by atomic mass is 10.1. The number of rotatable bonds is 5. The summed E-state index contributed by atoms with van der Waals surface area (Å²) in [6.07, 6.45) is -7.19. The molecule has 2 unspecified atom stereocenters. The smallest absolute Gasteiger partial charge is 0.383 e. The Balaban J connectivity index is 2.67. The van der Waals surface area contributed by atoms with Gasteiger partial charge in [0.25, 0.3) is 0 Å². The minimum atomic E-state index is -4.69. The van der Waals surface area contributed by atoms with Gasteiger partial charge in [-0.25, -0.2) is 0 Å². The van der Waals surface area contributed by atoms with Gasteiger partial charge < -0.3 is 9.63 Å². The zero-order chi connectivity index (χ0) is 13.9. The van der Waals surface area contributed by atoms with Gasteiger partial charge in [0.15, 0.2) is 11.9 Å². The van der Waals surface area contributed by atoms with Crippen LogP contribution < -0.4 is 0 Å². The van der Waals surface area contributed by atoms with Crippen molar-refractivity contribution < 1.29 is 22.8 Å². The van der Waals surface area contributed by atoms with E-state index >= 15 is 0 Å². The van der Waals surface area contributed by atoms with Gasteiger partial charge in [0.2, 0.25) is 5.89 Å². The van der Waals surface area contributed by atoms with Crippen molar-refractivity contribution in [3.63, 3.8) is 0 Å². The van der Waals surface area contributed by atoms with Crippen molar-refractivity contribution in [2.24, 2.45) is 0 Å². The fourth-order valence-corrected chi connectivity index (χ4v) is 1.77. The summed E-state index contributed by atoms with van der Waals surface area (Å²) in [6.45, 7) is 5.18. The summed E-state index contributed by atoms with van der Waals surface area (Å²) in [5.41, 5.74) is 0. The molecule has 1 rings (SSSR count). The van der Waals surface area contributed by atoms with Gasteiger partial charge in [-0.2, -0.15) is 29.9 Å². The van der Waals surface area contributed by atoms with E-state index in [9.17, 15) is 13.2 Å². The van der Waals surface area contributed by atoms with Crippen molar-refractivity contribution in [1.82, 2.24) is 10.1 Å². The number of alkyl halides is 3. The normalized spacial score (nSPS) is 16.0. The summed E-state index contributed by atoms with van der Waals surface area (Å²) in [7, 11) is 0. The first-order valence-corrected chi connectivity index (χ1v) is 6.45. The lowest BCUT2D eigenvalue weighted by molar-refractivity contribution is -0.210. The van der Waals surface area contributed by atoms with Crippen LogP contribution in [0.1, 0.15) is 38.4 Å². The molecule has 0 aliphatic heterocycles. The first-order valence-electron chi connectivity index (χ1n) is 5.40. The molecular weight excluding hydrogens is 269 g/mol. The number of nitrogens with zero attached hydrogens (tertiary/aromatic N) is 2. The minimum absolute atomic E-state index is 0.195. The summed E-state index contributed by atoms with van der Waals surface area (Å²) in [4.78, 5) is 3.86. The van der Waals surface area contributed by atoms with E-state index in [2.05, 4.69) is 10.1 Å². The second-order valence-corrected chi connectivity index (χ2v) is 5.75. The maximum Gasteiger partial charge on any atom is 0.415 e. The Bertz CT molecular complexity index is 381. The molecule has 1 N–H and O–H groups in total. The highest BCUT2D eigenvalue weighted by Gasteiger charge is 2.44. The summed E-state index contributed by atoms with van der Waals surface area (Å²) in [6, 6.07) is 0. The molecule has 0 aliphatic carbocycles. The highest BCUT2D eigenvalue weighted by molar-refractivity contribution is 7.99. The van der Waals surface area contributed by atoms with Gasteiger partial charge in [-0.1, -0.05) is 25.9 Å². The molecule has 0 amide bonds. The van der Waals surface area contributed by atoms with Crippen molar-refractivity contribution in [3.8, 4) is 0 Å². The van der Waals surface area contributed by atoms with Gasteiger partial charge in [-0.15, -0.1) is 0 Å². The van der Waals surface area contributed by atoms with Crippen molar-refractivity contribution in [1.29, 1.82) is 0 Å². The van der Waals surface area contributed by atoms with Crippen LogP contribution in [-0.4, -0.2) is 32.8 Å². The molecular formula is C10H15F3N2O2S. The Morgan fingerprint density at radius 1 is 1.33 bits per heavy atom. The topological polar surface area (TPSA) is 59.2 Å². The molecule has 1 heterocycles. The number of hydrogen-bond acceptors (Lipinski definition) is 5. The first-order chi connectivity index (χ1) is 8.21. The molecule has 1 aromatic heterocycles. The highest BCUT2D eigenvalue weighted by atomic mass is 32.2. The number of aliphatic hydroxyl groups is 1. The Hall–Kier alpha value is -0.760. The number of aromatic nitrogens is 2. The molecule has 0 fully saturated rings. The van der Waals surface area contributed by atoms with Crippen molar-refractivity contribution >= 4 is 11.8 Å². The zero-order valence-electron chi connectivity index (χ0n) is 10.2. The van der Waals surface area contributed by atoms with Crippen LogP contribution in [0.3, 0.4) is 0 Å². The fraction of sp³-hybridized carbons (Fsp3) is 0.800. The molecule has 0 saturated carbocycles. The van der Waals surface area contributed by atoms with Crippen molar-refractivity contribution in [3.05, 3.63) is 11.7 Å². The van der Waals surface area contributed by atoms with E-state index in [1.807, 2.05) is 13.8 Å². The molecule has 0 saturated heterocycles. The molecule has 0 radical (unpaired) electrons. The summed E-state index contributed by atoms with van der Waals surface area (Å²) in [5.74, 6) is -0.657. The van der Waals surface area contributed by atoms with Crippen LogP contribution in [0.5, 0.6) is 0 Å². The molecule has 2 atom stereocenters. The second kappa shape index (κ2) is 5.92. The third-order valence-corrected chi connectivity index (χ3v) is 3.32. The highest BCUT2D eigenvalue weighted by Crippen LogP contribution is 2.30. The molecule has 104 valence electrons. The van der Waals surface area contributed by atoms with Gasteiger partial charge in [0.1, 0.15) is 0 Å². The minimum Gasteiger partial charge on any atom is -0.383 e. The van der Waals surface area contributed by atoms with Crippen LogP contribution >= 0.6 is 11.8 Å². The zero-order valence-corrected chi connectivity index (χ0v) is 11.0. The first kappa shape index (κ1) is 15.3. The van der Waals surface area contributed by atoms with Crippen LogP contribution in [0, 0.1) is 0 Å². The average Bonchev–Trinajstić information content (AvgIpc) is 2.71. The quantitative estimate of drug-likeness (QED) is 0.901. The van der Waals surface area contributed by atoms with Crippen LogP contribution in [0.25, 0.3) is 0 Å². The third-order valence-electron chi connectivity index (χ3n) is 2.23. The van der Waals surface area contributed by atoms with Crippen LogP contribution in [-0.2, 0) is 5.75 Å². The predicted molar refractivity (Wildman–Crippen MR) is 61.2 cm³/mol. The molecule has 0 bridgehead atoms. The summed E-state index contributed by atoms with van der Waals surface area (Å²) >= 11 is 1.55. The molecule has 0 spiro atoms. The van der Waals surface area contributed by atoms with E-state index in [1.165, 1.54) is 6.92 Å². The maximum absolute atomic E-state index is 12.3. The third kappa shape index (κ3) is 4.16. The molecule has 8 heteroatoms. The average molecular weight is 284 g/mol. The number of halogens is 3. The van der Waals surface area contributed by atoms with E-state index < -0.39 is 18.2 Å². The second-order valence-electron chi connectivity index (χ2n) is 4.18. The maximum atomic E-state index is 12.3. The van der Waals surface area contributed by atoms with Crippen LogP contribution in [0.2, 0.25) is 0 Å². The van der Waals surface area contributed by atoms with E-state index in [1.54, 1.807) is 11.8 Å². The number of thioether (sulfide) groups is 1. The predicted octanol–water partition coefficient (Wildman–Crippen LogP) is 2.74. The Morgan fingerprint density at radius 3 is 2.44 bits per heavy atom. The molecule has 18 heavy (non-hydrogen) atoms. The molecule has 4 nitrogen and oxygen atoms in total.